The normalized spacial score (nSPS) is 13.8. The summed E-state index contributed by atoms with van der Waals surface area (Å²) < 4.78 is 22.0. The van der Waals surface area contributed by atoms with E-state index in [0.29, 0.717) is 25.8 Å². The van der Waals surface area contributed by atoms with E-state index in [1.165, 1.54) is 77.6 Å². The molecule has 0 aromatic carbocycles. The molecule has 0 fully saturated rings. The lowest BCUT2D eigenvalue weighted by Gasteiger charge is -2.32. The van der Waals surface area contributed by atoms with Crippen LogP contribution >= 0.6 is 10.8 Å². The van der Waals surface area contributed by atoms with Crippen LogP contribution in [0.4, 0.5) is 0 Å². The highest BCUT2D eigenvalue weighted by atomic mass is 32.3. The Balaban J connectivity index is 1.79. The van der Waals surface area contributed by atoms with Gasteiger partial charge in [0.15, 0.2) is 0 Å². The smallest absolute Gasteiger partial charge is 0.237 e. The molecule has 0 aliphatic carbocycles. The van der Waals surface area contributed by atoms with Gasteiger partial charge in [-0.15, -0.1) is 15.9 Å². The van der Waals surface area contributed by atoms with Gasteiger partial charge in [0.25, 0.3) is 0 Å². The molecule has 0 bridgehead atoms. The highest BCUT2D eigenvalue weighted by Gasteiger charge is 2.15. The number of carbonyl (C=O) groups is 2. The van der Waals surface area contributed by atoms with E-state index in [1.54, 1.807) is 0 Å². The molecule has 3 N–H and O–H groups in total. The van der Waals surface area contributed by atoms with Crippen LogP contribution in [0.15, 0.2) is 15.4 Å². The fourth-order valence-corrected chi connectivity index (χ4v) is 5.03. The fourth-order valence-electron chi connectivity index (χ4n) is 3.91. The maximum Gasteiger partial charge on any atom is 0.237 e. The largest absolute Gasteiger partial charge is 0.300 e. The highest BCUT2D eigenvalue weighted by Crippen LogP contribution is 2.34. The maximum absolute atomic E-state index is 11.9. The van der Waals surface area contributed by atoms with Gasteiger partial charge in [-0.2, -0.15) is 5.11 Å². The predicted molar refractivity (Wildman–Crippen MR) is 137 cm³/mol. The second kappa shape index (κ2) is 19.0. The Morgan fingerprint density at radius 2 is 1.30 bits per heavy atom. The van der Waals surface area contributed by atoms with Crippen LogP contribution in [0.1, 0.15) is 122 Å². The molecule has 1 amide bonds. The minimum Gasteiger partial charge on any atom is -0.300 e. The number of carbonyl (C=O) groups excluding carboxylic acids is 2. The molecule has 8 nitrogen and oxygen atoms in total. The van der Waals surface area contributed by atoms with Crippen molar-refractivity contribution in [1.29, 1.82) is 0 Å². The van der Waals surface area contributed by atoms with Crippen molar-refractivity contribution in [2.45, 2.75) is 122 Å². The van der Waals surface area contributed by atoms with Gasteiger partial charge in [-0.1, -0.05) is 77.0 Å². The number of hydrogen-bond acceptors (Lipinski definition) is 7. The summed E-state index contributed by atoms with van der Waals surface area (Å²) in [5.74, 6) is -0.255. The van der Waals surface area contributed by atoms with Crippen LogP contribution in [0, 0.1) is 0 Å². The van der Waals surface area contributed by atoms with E-state index in [2.05, 4.69) is 20.2 Å². The molecule has 192 valence electrons. The summed E-state index contributed by atoms with van der Waals surface area (Å²) in [7, 11) is -3.11. The van der Waals surface area contributed by atoms with Gasteiger partial charge in [0.1, 0.15) is 12.3 Å². The lowest BCUT2D eigenvalue weighted by Crippen LogP contribution is -2.29. The third-order valence-corrected chi connectivity index (χ3v) is 7.27. The van der Waals surface area contributed by atoms with Crippen LogP contribution in [0.25, 0.3) is 0 Å². The van der Waals surface area contributed by atoms with Crippen molar-refractivity contribution in [3.8, 4) is 0 Å². The van der Waals surface area contributed by atoms with Crippen molar-refractivity contribution in [3.05, 3.63) is 0 Å². The zero-order chi connectivity index (χ0) is 24.2. The summed E-state index contributed by atoms with van der Waals surface area (Å²) in [4.78, 5) is 22.8. The lowest BCUT2D eigenvalue weighted by molar-refractivity contribution is -0.119. The van der Waals surface area contributed by atoms with E-state index in [9.17, 15) is 18.7 Å². The number of Topliss-reactive ketones (excluding diaryl/α,β-unsaturated/α-hetero) is 1. The van der Waals surface area contributed by atoms with Crippen LogP contribution in [0.5, 0.6) is 0 Å². The molecule has 1 heterocycles. The van der Waals surface area contributed by atoms with Crippen molar-refractivity contribution < 1.29 is 18.7 Å². The lowest BCUT2D eigenvalue weighted by atomic mass is 10.0. The summed E-state index contributed by atoms with van der Waals surface area (Å²) in [5.41, 5.74) is 1.13. The topological polar surface area (TPSA) is 124 Å². The molecular formula is C24H46N4O4S. The van der Waals surface area contributed by atoms with Crippen molar-refractivity contribution in [2.75, 3.05) is 12.3 Å². The quantitative estimate of drug-likeness (QED) is 0.140. The first kappa shape index (κ1) is 29.7. The Morgan fingerprint density at radius 1 is 0.788 bits per heavy atom. The minimum absolute atomic E-state index is 0.0127. The standard InChI is InChI=1S/C24H46N4O4S/c1-22(29)17-16-20-33(31,32)27-24(30)19-15-13-11-9-7-5-3-2-4-6-8-10-12-14-18-23-21-25-28-26-23/h31-32H,2-21H2,1H3,(H,27,30). The highest BCUT2D eigenvalue weighted by molar-refractivity contribution is 8.23. The second-order valence-electron chi connectivity index (χ2n) is 9.21. The molecule has 0 aromatic heterocycles. The van der Waals surface area contributed by atoms with Crippen LogP contribution in [0.3, 0.4) is 0 Å². The first-order valence-corrected chi connectivity index (χ1v) is 14.6. The summed E-state index contributed by atoms with van der Waals surface area (Å²) in [5, 5.41) is 11.5. The number of ketones is 1. The molecule has 0 unspecified atom stereocenters. The Hall–Kier alpha value is -1.32. The van der Waals surface area contributed by atoms with E-state index < -0.39 is 10.8 Å². The monoisotopic (exact) mass is 486 g/mol. The molecule has 0 radical (unpaired) electrons. The van der Waals surface area contributed by atoms with E-state index in [1.807, 2.05) is 0 Å². The van der Waals surface area contributed by atoms with Crippen molar-refractivity contribution in [1.82, 2.24) is 4.72 Å². The van der Waals surface area contributed by atoms with Gasteiger partial charge in [0, 0.05) is 12.8 Å². The van der Waals surface area contributed by atoms with Gasteiger partial charge in [-0.25, -0.2) is 0 Å². The third-order valence-electron chi connectivity index (χ3n) is 5.86. The third kappa shape index (κ3) is 18.8. The van der Waals surface area contributed by atoms with Crippen LogP contribution in [-0.4, -0.2) is 38.8 Å². The number of hydrogen-bond donors (Lipinski definition) is 3. The molecule has 9 heteroatoms. The van der Waals surface area contributed by atoms with Crippen LogP contribution < -0.4 is 4.72 Å². The molecule has 1 aliphatic rings. The summed E-state index contributed by atoms with van der Waals surface area (Å²) in [6.07, 6.45) is 19.2. The minimum atomic E-state index is -3.11. The Labute approximate surface area is 202 Å². The molecular weight excluding hydrogens is 440 g/mol. The second-order valence-corrected chi connectivity index (χ2v) is 11.2. The molecule has 1 rings (SSSR count). The van der Waals surface area contributed by atoms with Crippen molar-refractivity contribution in [3.63, 3.8) is 0 Å². The van der Waals surface area contributed by atoms with Gasteiger partial charge in [0.2, 0.25) is 5.91 Å². The first-order valence-electron chi connectivity index (χ1n) is 12.9. The summed E-state index contributed by atoms with van der Waals surface area (Å²) >= 11 is 0. The van der Waals surface area contributed by atoms with Gasteiger partial charge in [-0.3, -0.25) is 18.6 Å². The predicted octanol–water partition coefficient (Wildman–Crippen LogP) is 7.20. The summed E-state index contributed by atoms with van der Waals surface area (Å²) in [6, 6.07) is 0. The molecule has 0 aromatic rings. The van der Waals surface area contributed by atoms with Gasteiger partial charge in [-0.05, 0) is 37.8 Å². The molecule has 0 atom stereocenters. The van der Waals surface area contributed by atoms with Crippen LogP contribution in [-0.2, 0) is 9.59 Å². The van der Waals surface area contributed by atoms with E-state index >= 15 is 0 Å². The Kier molecular flexibility index (Phi) is 17.1. The average molecular weight is 487 g/mol. The van der Waals surface area contributed by atoms with Crippen molar-refractivity contribution in [2.24, 2.45) is 15.4 Å². The number of nitrogens with zero attached hydrogens (tertiary/aromatic N) is 3. The van der Waals surface area contributed by atoms with E-state index in [4.69, 9.17) is 0 Å². The average Bonchev–Trinajstić information content (AvgIpc) is 3.26. The zero-order valence-electron chi connectivity index (χ0n) is 20.6. The fraction of sp³-hybridized carbons (Fsp3) is 0.875. The number of rotatable bonds is 22. The first-order chi connectivity index (χ1) is 15.9. The number of amides is 1. The van der Waals surface area contributed by atoms with Crippen molar-refractivity contribution >= 4 is 28.2 Å². The maximum atomic E-state index is 11.9. The zero-order valence-corrected chi connectivity index (χ0v) is 21.4. The SMILES string of the molecule is CC(=O)CCCS(O)(O)NC(=O)CCCCCCCCCCCCCCCCC1=NN=NC1. The molecule has 33 heavy (non-hydrogen) atoms. The molecule has 0 saturated heterocycles. The molecule has 0 saturated carbocycles. The van der Waals surface area contributed by atoms with Gasteiger partial charge >= 0.3 is 0 Å². The van der Waals surface area contributed by atoms with Gasteiger partial charge in [0.05, 0.1) is 11.5 Å². The van der Waals surface area contributed by atoms with Crippen LogP contribution in [0.2, 0.25) is 0 Å². The van der Waals surface area contributed by atoms with Gasteiger partial charge < -0.3 is 4.79 Å². The number of unbranched alkanes of at least 4 members (excludes halogenated alkanes) is 13. The number of nitrogens with one attached hydrogen (secondary N) is 1. The molecule has 0 spiro atoms. The van der Waals surface area contributed by atoms with E-state index in [0.717, 1.165) is 31.4 Å². The Bertz CT molecular complexity index is 611. The van der Waals surface area contributed by atoms with E-state index in [-0.39, 0.29) is 17.4 Å². The summed E-state index contributed by atoms with van der Waals surface area (Å²) in [6.45, 7) is 2.18. The molecule has 1 aliphatic heterocycles. The Morgan fingerprint density at radius 3 is 1.79 bits per heavy atom.